The topological polar surface area (TPSA) is 56.8 Å². The minimum Gasteiger partial charge on any atom is -0.342 e. The fourth-order valence-electron chi connectivity index (χ4n) is 3.96. The van der Waals surface area contributed by atoms with E-state index < -0.39 is 0 Å². The highest BCUT2D eigenvalue weighted by Crippen LogP contribution is 2.40. The van der Waals surface area contributed by atoms with Gasteiger partial charge in [-0.05, 0) is 56.5 Å². The SMILES string of the molecule is CN(C)CC(=O)N1CCC2(CCC(=O)N(Cc3ccncc3)C2)CC1. The average Bonchev–Trinajstić information content (AvgIpc) is 2.59. The number of hydrogen-bond acceptors (Lipinski definition) is 4. The fraction of sp³-hybridized carbons (Fsp3) is 0.632. The van der Waals surface area contributed by atoms with E-state index in [-0.39, 0.29) is 17.2 Å². The van der Waals surface area contributed by atoms with Gasteiger partial charge in [-0.3, -0.25) is 14.6 Å². The second-order valence-corrected chi connectivity index (χ2v) is 7.72. The van der Waals surface area contributed by atoms with Crippen LogP contribution in [0.15, 0.2) is 24.5 Å². The number of likely N-dealkylation sites (N-methyl/N-ethyl adjacent to an activating group) is 1. The van der Waals surface area contributed by atoms with Gasteiger partial charge >= 0.3 is 0 Å². The summed E-state index contributed by atoms with van der Waals surface area (Å²) < 4.78 is 0. The molecule has 6 heteroatoms. The van der Waals surface area contributed by atoms with E-state index in [2.05, 4.69) is 4.98 Å². The lowest BCUT2D eigenvalue weighted by molar-refractivity contribution is -0.143. The molecule has 1 aromatic rings. The van der Waals surface area contributed by atoms with Gasteiger partial charge in [-0.15, -0.1) is 0 Å². The molecule has 2 amide bonds. The minimum atomic E-state index is 0.176. The zero-order valence-corrected chi connectivity index (χ0v) is 15.3. The lowest BCUT2D eigenvalue weighted by Crippen LogP contribution is -2.52. The molecule has 3 rings (SSSR count). The Morgan fingerprint density at radius 1 is 1.20 bits per heavy atom. The van der Waals surface area contributed by atoms with Crippen molar-refractivity contribution in [3.05, 3.63) is 30.1 Å². The molecule has 0 unspecified atom stereocenters. The summed E-state index contributed by atoms with van der Waals surface area (Å²) in [5.74, 6) is 0.453. The number of carbonyl (C=O) groups excluding carboxylic acids is 2. The molecule has 0 radical (unpaired) electrons. The summed E-state index contributed by atoms with van der Waals surface area (Å²) in [5, 5.41) is 0. The van der Waals surface area contributed by atoms with Crippen molar-refractivity contribution in [2.45, 2.75) is 32.2 Å². The van der Waals surface area contributed by atoms with Gasteiger partial charge in [0.15, 0.2) is 0 Å². The standard InChI is InChI=1S/C19H28N4O2/c1-21(2)14-18(25)22-11-7-19(8-12-22)6-3-17(24)23(15-19)13-16-4-9-20-10-5-16/h4-5,9-10H,3,6-8,11-15H2,1-2H3. The zero-order chi connectivity index (χ0) is 17.9. The first kappa shape index (κ1) is 17.9. The van der Waals surface area contributed by atoms with E-state index in [4.69, 9.17) is 0 Å². The molecule has 0 bridgehead atoms. The summed E-state index contributed by atoms with van der Waals surface area (Å²) in [7, 11) is 3.85. The van der Waals surface area contributed by atoms with Gasteiger partial charge < -0.3 is 14.7 Å². The maximum absolute atomic E-state index is 12.4. The van der Waals surface area contributed by atoms with Gasteiger partial charge in [0.2, 0.25) is 11.8 Å². The van der Waals surface area contributed by atoms with Crippen LogP contribution in [0.1, 0.15) is 31.2 Å². The van der Waals surface area contributed by atoms with Crippen LogP contribution in [-0.4, -0.2) is 71.8 Å². The maximum Gasteiger partial charge on any atom is 0.236 e. The van der Waals surface area contributed by atoms with Crippen LogP contribution in [0.3, 0.4) is 0 Å². The van der Waals surface area contributed by atoms with E-state index in [1.807, 2.05) is 40.9 Å². The van der Waals surface area contributed by atoms with Crippen LogP contribution in [0, 0.1) is 5.41 Å². The van der Waals surface area contributed by atoms with Gasteiger partial charge in [0.1, 0.15) is 0 Å². The van der Waals surface area contributed by atoms with Crippen LogP contribution in [0.25, 0.3) is 0 Å². The number of carbonyl (C=O) groups is 2. The molecule has 0 atom stereocenters. The fourth-order valence-corrected chi connectivity index (χ4v) is 3.96. The van der Waals surface area contributed by atoms with Crippen molar-refractivity contribution >= 4 is 11.8 Å². The smallest absolute Gasteiger partial charge is 0.236 e. The summed E-state index contributed by atoms with van der Waals surface area (Å²) in [6, 6.07) is 3.94. The molecule has 0 aromatic carbocycles. The summed E-state index contributed by atoms with van der Waals surface area (Å²) >= 11 is 0. The van der Waals surface area contributed by atoms with Crippen molar-refractivity contribution < 1.29 is 9.59 Å². The molecule has 3 heterocycles. The highest BCUT2D eigenvalue weighted by atomic mass is 16.2. The van der Waals surface area contributed by atoms with E-state index in [9.17, 15) is 9.59 Å². The maximum atomic E-state index is 12.4. The molecule has 6 nitrogen and oxygen atoms in total. The van der Waals surface area contributed by atoms with Crippen molar-refractivity contribution in [3.8, 4) is 0 Å². The zero-order valence-electron chi connectivity index (χ0n) is 15.3. The third kappa shape index (κ3) is 4.37. The third-order valence-electron chi connectivity index (χ3n) is 5.50. The molecule has 2 aliphatic heterocycles. The monoisotopic (exact) mass is 344 g/mol. The molecule has 0 saturated carbocycles. The van der Waals surface area contributed by atoms with Gasteiger partial charge in [-0.2, -0.15) is 0 Å². The number of hydrogen-bond donors (Lipinski definition) is 0. The second kappa shape index (κ2) is 7.52. The van der Waals surface area contributed by atoms with Crippen molar-refractivity contribution in [2.75, 3.05) is 40.3 Å². The third-order valence-corrected chi connectivity index (χ3v) is 5.50. The summed E-state index contributed by atoms with van der Waals surface area (Å²) in [4.78, 5) is 34.5. The predicted octanol–water partition coefficient (Wildman–Crippen LogP) is 1.37. The van der Waals surface area contributed by atoms with Crippen LogP contribution in [0.5, 0.6) is 0 Å². The van der Waals surface area contributed by atoms with Gasteiger partial charge in [-0.1, -0.05) is 0 Å². The lowest BCUT2D eigenvalue weighted by Gasteiger charge is -2.47. The Kier molecular flexibility index (Phi) is 5.37. The normalized spacial score (nSPS) is 20.4. The second-order valence-electron chi connectivity index (χ2n) is 7.72. The van der Waals surface area contributed by atoms with Crippen molar-refractivity contribution in [2.24, 2.45) is 5.41 Å². The largest absolute Gasteiger partial charge is 0.342 e. The van der Waals surface area contributed by atoms with Crippen LogP contribution < -0.4 is 0 Å². The highest BCUT2D eigenvalue weighted by Gasteiger charge is 2.41. The summed E-state index contributed by atoms with van der Waals surface area (Å²) in [6.07, 6.45) is 7.10. The number of rotatable bonds is 4. The molecular weight excluding hydrogens is 316 g/mol. The molecule has 2 fully saturated rings. The number of amides is 2. The minimum absolute atomic E-state index is 0.176. The van der Waals surface area contributed by atoms with Crippen LogP contribution in [0.2, 0.25) is 0 Å². The van der Waals surface area contributed by atoms with E-state index in [0.29, 0.717) is 19.5 Å². The Balaban J connectivity index is 1.60. The Bertz CT molecular complexity index is 609. The first-order valence-electron chi connectivity index (χ1n) is 9.07. The van der Waals surface area contributed by atoms with Gasteiger partial charge in [-0.25, -0.2) is 0 Å². The van der Waals surface area contributed by atoms with Crippen LogP contribution in [0.4, 0.5) is 0 Å². The number of aromatic nitrogens is 1. The Morgan fingerprint density at radius 3 is 2.52 bits per heavy atom. The first-order chi connectivity index (χ1) is 12.0. The molecule has 1 spiro atoms. The molecule has 25 heavy (non-hydrogen) atoms. The highest BCUT2D eigenvalue weighted by molar-refractivity contribution is 5.78. The van der Waals surface area contributed by atoms with Crippen LogP contribution >= 0.6 is 0 Å². The molecule has 2 aliphatic rings. The molecule has 0 aliphatic carbocycles. The van der Waals surface area contributed by atoms with Gasteiger partial charge in [0, 0.05) is 45.0 Å². The Morgan fingerprint density at radius 2 is 1.88 bits per heavy atom. The number of pyridine rings is 1. The first-order valence-corrected chi connectivity index (χ1v) is 9.07. The number of nitrogens with zero attached hydrogens (tertiary/aromatic N) is 4. The van der Waals surface area contributed by atoms with E-state index in [1.54, 1.807) is 12.4 Å². The van der Waals surface area contributed by atoms with Crippen LogP contribution in [-0.2, 0) is 16.1 Å². The summed E-state index contributed by atoms with van der Waals surface area (Å²) in [6.45, 7) is 3.56. The molecule has 136 valence electrons. The quantitative estimate of drug-likeness (QED) is 0.828. The number of likely N-dealkylation sites (tertiary alicyclic amines) is 2. The van der Waals surface area contributed by atoms with E-state index in [1.165, 1.54) is 0 Å². The van der Waals surface area contributed by atoms with E-state index >= 15 is 0 Å². The van der Waals surface area contributed by atoms with Crippen molar-refractivity contribution in [1.82, 2.24) is 19.7 Å². The predicted molar refractivity (Wildman–Crippen MR) is 95.7 cm³/mol. The molecule has 2 saturated heterocycles. The molecular formula is C19H28N4O2. The summed E-state index contributed by atoms with van der Waals surface area (Å²) in [5.41, 5.74) is 1.30. The molecule has 1 aromatic heterocycles. The Labute approximate surface area is 149 Å². The van der Waals surface area contributed by atoms with Crippen molar-refractivity contribution in [3.63, 3.8) is 0 Å². The number of piperidine rings is 2. The Hall–Kier alpha value is -1.95. The van der Waals surface area contributed by atoms with Gasteiger partial charge in [0.25, 0.3) is 0 Å². The lowest BCUT2D eigenvalue weighted by atomic mass is 9.72. The van der Waals surface area contributed by atoms with Crippen molar-refractivity contribution in [1.29, 1.82) is 0 Å². The molecule has 0 N–H and O–H groups in total. The average molecular weight is 344 g/mol. The van der Waals surface area contributed by atoms with E-state index in [0.717, 1.165) is 44.5 Å². The van der Waals surface area contributed by atoms with Gasteiger partial charge in [0.05, 0.1) is 6.54 Å².